The second-order valence-corrected chi connectivity index (χ2v) is 11.2. The van der Waals surface area contributed by atoms with Crippen molar-refractivity contribution in [3.63, 3.8) is 0 Å². The van der Waals surface area contributed by atoms with Crippen molar-refractivity contribution in [1.82, 2.24) is 16.0 Å². The fourth-order valence-corrected chi connectivity index (χ4v) is 4.68. The normalized spacial score (nSPS) is 13.9. The van der Waals surface area contributed by atoms with E-state index < -0.39 is 29.9 Å². The molecule has 11 heteroatoms. The van der Waals surface area contributed by atoms with E-state index in [9.17, 15) is 24.0 Å². The van der Waals surface area contributed by atoms with E-state index in [1.807, 2.05) is 39.3 Å². The second-order valence-electron chi connectivity index (χ2n) is 10.2. The van der Waals surface area contributed by atoms with Crippen LogP contribution in [0.4, 0.5) is 10.5 Å². The van der Waals surface area contributed by atoms with Gasteiger partial charge in [-0.15, -0.1) is 0 Å². The summed E-state index contributed by atoms with van der Waals surface area (Å²) in [6, 6.07) is 6.20. The molecule has 3 amide bonds. The zero-order valence-corrected chi connectivity index (χ0v) is 25.2. The number of carboxylic acid groups (broad SMARTS) is 1. The number of aliphatic carboxylic acids is 1. The van der Waals surface area contributed by atoms with Crippen molar-refractivity contribution < 1.29 is 29.1 Å². The van der Waals surface area contributed by atoms with Gasteiger partial charge in [0.2, 0.25) is 5.91 Å². The highest BCUT2D eigenvalue weighted by Gasteiger charge is 2.30. The SMILES string of the molecule is CC[C@H](C)[C@H](CC(=O)[C@H](CCSC)NC(=O)Nc1ccc(CNC)cc1)C(=O)NCCCC(=O)C(C)CC(=O)O. The maximum Gasteiger partial charge on any atom is 0.319 e. The number of hydrogen-bond donors (Lipinski definition) is 5. The number of anilines is 1. The topological polar surface area (TPSA) is 154 Å². The highest BCUT2D eigenvalue weighted by atomic mass is 32.2. The molecule has 1 aromatic rings. The minimum absolute atomic E-state index is 0.00649. The lowest BCUT2D eigenvalue weighted by molar-refractivity contribution is -0.140. The molecule has 0 fully saturated rings. The average molecular weight is 579 g/mol. The van der Waals surface area contributed by atoms with Crippen LogP contribution in [0.15, 0.2) is 24.3 Å². The Balaban J connectivity index is 2.75. The Morgan fingerprint density at radius 3 is 2.25 bits per heavy atom. The minimum atomic E-state index is -1.02. The Labute approximate surface area is 242 Å². The minimum Gasteiger partial charge on any atom is -0.481 e. The summed E-state index contributed by atoms with van der Waals surface area (Å²) in [6.45, 7) is 6.43. The first-order valence-electron chi connectivity index (χ1n) is 13.9. The number of hydrogen-bond acceptors (Lipinski definition) is 7. The Morgan fingerprint density at radius 1 is 1.00 bits per heavy atom. The fourth-order valence-electron chi connectivity index (χ4n) is 4.21. The molecule has 0 spiro atoms. The van der Waals surface area contributed by atoms with E-state index in [-0.39, 0.29) is 49.2 Å². The van der Waals surface area contributed by atoms with E-state index in [4.69, 9.17) is 5.11 Å². The van der Waals surface area contributed by atoms with Crippen LogP contribution in [0.25, 0.3) is 0 Å². The molecule has 0 heterocycles. The first-order chi connectivity index (χ1) is 19.0. The van der Waals surface area contributed by atoms with Gasteiger partial charge in [-0.05, 0) is 55.5 Å². The van der Waals surface area contributed by atoms with Gasteiger partial charge in [-0.2, -0.15) is 11.8 Å². The lowest BCUT2D eigenvalue weighted by Gasteiger charge is -2.25. The van der Waals surface area contributed by atoms with Crippen LogP contribution in [0.2, 0.25) is 0 Å². The summed E-state index contributed by atoms with van der Waals surface area (Å²) in [6.07, 6.45) is 3.42. The third kappa shape index (κ3) is 13.4. The van der Waals surface area contributed by atoms with Gasteiger partial charge in [0, 0.05) is 43.5 Å². The lowest BCUT2D eigenvalue weighted by atomic mass is 9.85. The molecule has 0 aliphatic heterocycles. The molecule has 5 N–H and O–H groups in total. The number of urea groups is 1. The molecule has 0 radical (unpaired) electrons. The zero-order valence-electron chi connectivity index (χ0n) is 24.4. The highest BCUT2D eigenvalue weighted by Crippen LogP contribution is 2.22. The number of rotatable bonds is 20. The van der Waals surface area contributed by atoms with E-state index in [1.165, 1.54) is 0 Å². The van der Waals surface area contributed by atoms with Crippen molar-refractivity contribution in [2.45, 2.75) is 71.9 Å². The molecular formula is C29H46N4O6S. The van der Waals surface area contributed by atoms with Gasteiger partial charge in [0.05, 0.1) is 12.5 Å². The molecule has 0 aromatic heterocycles. The van der Waals surface area contributed by atoms with E-state index in [0.717, 1.165) is 5.56 Å². The molecule has 0 saturated heterocycles. The fraction of sp³-hybridized carbons (Fsp3) is 0.621. The predicted octanol–water partition coefficient (Wildman–Crippen LogP) is 3.85. The first-order valence-corrected chi connectivity index (χ1v) is 15.3. The summed E-state index contributed by atoms with van der Waals surface area (Å²) in [5.74, 6) is -2.16. The predicted molar refractivity (Wildman–Crippen MR) is 159 cm³/mol. The monoisotopic (exact) mass is 578 g/mol. The second kappa shape index (κ2) is 19.2. The molecule has 1 aromatic carbocycles. The van der Waals surface area contributed by atoms with Gasteiger partial charge in [-0.3, -0.25) is 19.2 Å². The summed E-state index contributed by atoms with van der Waals surface area (Å²) >= 11 is 1.57. The van der Waals surface area contributed by atoms with Crippen LogP contribution in [-0.2, 0) is 25.7 Å². The van der Waals surface area contributed by atoms with E-state index >= 15 is 0 Å². The van der Waals surface area contributed by atoms with Crippen LogP contribution < -0.4 is 21.3 Å². The average Bonchev–Trinajstić information content (AvgIpc) is 2.91. The molecule has 4 atom stereocenters. The van der Waals surface area contributed by atoms with Crippen molar-refractivity contribution in [2.24, 2.45) is 17.8 Å². The Hall–Kier alpha value is -2.92. The molecule has 1 rings (SSSR count). The standard InChI is InChI=1S/C29H46N4O6S/c1-6-19(2)23(28(38)31-14-7-8-25(34)20(3)16-27(36)37)17-26(35)24(13-15-40-5)33-29(39)32-22-11-9-21(10-12-22)18-30-4/h9-12,19-20,23-24,30H,6-8,13-18H2,1-5H3,(H,31,38)(H,36,37)(H2,32,33,39)/t19-,20?,23-,24-/m0/s1. The Bertz CT molecular complexity index is 972. The number of carbonyl (C=O) groups excluding carboxylic acids is 4. The van der Waals surface area contributed by atoms with Gasteiger partial charge < -0.3 is 26.4 Å². The number of carbonyl (C=O) groups is 5. The maximum atomic E-state index is 13.3. The molecule has 0 bridgehead atoms. The number of carboxylic acids is 1. The van der Waals surface area contributed by atoms with Gasteiger partial charge in [-0.25, -0.2) is 4.79 Å². The van der Waals surface area contributed by atoms with E-state index in [2.05, 4.69) is 21.3 Å². The van der Waals surface area contributed by atoms with Crippen LogP contribution in [0.1, 0.15) is 64.9 Å². The van der Waals surface area contributed by atoms with Crippen molar-refractivity contribution in [3.05, 3.63) is 29.8 Å². The van der Waals surface area contributed by atoms with Crippen molar-refractivity contribution in [3.8, 4) is 0 Å². The maximum absolute atomic E-state index is 13.3. The zero-order chi connectivity index (χ0) is 30.1. The smallest absolute Gasteiger partial charge is 0.319 e. The van der Waals surface area contributed by atoms with Crippen LogP contribution in [0.5, 0.6) is 0 Å². The number of thioether (sulfide) groups is 1. The largest absolute Gasteiger partial charge is 0.481 e. The van der Waals surface area contributed by atoms with Gasteiger partial charge in [-0.1, -0.05) is 39.3 Å². The molecular weight excluding hydrogens is 532 g/mol. The van der Waals surface area contributed by atoms with E-state index in [1.54, 1.807) is 30.8 Å². The lowest BCUT2D eigenvalue weighted by Crippen LogP contribution is -2.45. The molecule has 0 aliphatic rings. The van der Waals surface area contributed by atoms with E-state index in [0.29, 0.717) is 37.2 Å². The van der Waals surface area contributed by atoms with Crippen LogP contribution in [-0.4, -0.2) is 66.2 Å². The number of nitrogens with one attached hydrogen (secondary N) is 4. The van der Waals surface area contributed by atoms with Gasteiger partial charge >= 0.3 is 12.0 Å². The summed E-state index contributed by atoms with van der Waals surface area (Å²) in [5, 5.41) is 20.3. The van der Waals surface area contributed by atoms with Crippen LogP contribution >= 0.6 is 11.8 Å². The molecule has 224 valence electrons. The molecule has 0 saturated carbocycles. The third-order valence-electron chi connectivity index (χ3n) is 6.92. The van der Waals surface area contributed by atoms with Crippen molar-refractivity contribution >= 4 is 46.9 Å². The summed E-state index contributed by atoms with van der Waals surface area (Å²) in [5.41, 5.74) is 1.69. The van der Waals surface area contributed by atoms with Crippen LogP contribution in [0.3, 0.4) is 0 Å². The van der Waals surface area contributed by atoms with Crippen LogP contribution in [0, 0.1) is 17.8 Å². The van der Waals surface area contributed by atoms with Crippen molar-refractivity contribution in [1.29, 1.82) is 0 Å². The van der Waals surface area contributed by atoms with Gasteiger partial charge in [0.15, 0.2) is 5.78 Å². The quantitative estimate of drug-likeness (QED) is 0.146. The van der Waals surface area contributed by atoms with Gasteiger partial charge in [0.1, 0.15) is 5.78 Å². The highest BCUT2D eigenvalue weighted by molar-refractivity contribution is 7.98. The third-order valence-corrected chi connectivity index (χ3v) is 7.56. The van der Waals surface area contributed by atoms with Gasteiger partial charge in [0.25, 0.3) is 0 Å². The summed E-state index contributed by atoms with van der Waals surface area (Å²) in [4.78, 5) is 62.0. The number of benzene rings is 1. The van der Waals surface area contributed by atoms with Crippen molar-refractivity contribution in [2.75, 3.05) is 30.9 Å². The Kier molecular flexibility index (Phi) is 16.9. The Morgan fingerprint density at radius 2 is 1.68 bits per heavy atom. The summed E-state index contributed by atoms with van der Waals surface area (Å²) in [7, 11) is 1.86. The molecule has 40 heavy (non-hydrogen) atoms. The number of ketones is 2. The first kappa shape index (κ1) is 35.1. The number of amides is 3. The number of Topliss-reactive ketones (excluding diaryl/α,β-unsaturated/α-hetero) is 2. The molecule has 0 aliphatic carbocycles. The molecule has 10 nitrogen and oxygen atoms in total. The summed E-state index contributed by atoms with van der Waals surface area (Å²) < 4.78 is 0. The molecule has 1 unspecified atom stereocenters.